The number of sulfone groups is 1. The van der Waals surface area contributed by atoms with Crippen molar-refractivity contribution in [2.45, 2.75) is 39.0 Å². The van der Waals surface area contributed by atoms with Gasteiger partial charge >= 0.3 is 0 Å². The number of hydrogen-bond acceptors (Lipinski definition) is 5. The Morgan fingerprint density at radius 1 is 1.56 bits per heavy atom. The minimum Gasteiger partial charge on any atom is -0.375 e. The molecule has 0 aromatic heterocycles. The molecule has 0 bridgehead atoms. The van der Waals surface area contributed by atoms with Gasteiger partial charge < -0.3 is 15.4 Å². The van der Waals surface area contributed by atoms with Gasteiger partial charge in [0, 0.05) is 18.3 Å². The third kappa shape index (κ3) is 4.55. The average molecular weight is 278 g/mol. The molecule has 0 aliphatic carbocycles. The molecule has 1 rings (SSSR count). The van der Waals surface area contributed by atoms with E-state index >= 15 is 0 Å². The summed E-state index contributed by atoms with van der Waals surface area (Å²) in [5.74, 6) is -0.146. The van der Waals surface area contributed by atoms with E-state index in [0.717, 1.165) is 0 Å². The molecule has 1 heterocycles. The lowest BCUT2D eigenvalue weighted by atomic mass is 10.1. The quantitative estimate of drug-likeness (QED) is 0.695. The van der Waals surface area contributed by atoms with E-state index in [1.54, 1.807) is 13.8 Å². The second-order valence-corrected chi connectivity index (χ2v) is 7.01. The Bertz CT molecular complexity index is 383. The molecule has 6 nitrogen and oxygen atoms in total. The van der Waals surface area contributed by atoms with Crippen LogP contribution in [0.3, 0.4) is 0 Å². The summed E-state index contributed by atoms with van der Waals surface area (Å²) in [5, 5.41) is 5.77. The Morgan fingerprint density at radius 2 is 2.22 bits per heavy atom. The predicted molar refractivity (Wildman–Crippen MR) is 69.1 cm³/mol. The zero-order chi connectivity index (χ0) is 13.8. The maximum absolute atomic E-state index is 11.9. The molecule has 1 amide bonds. The highest BCUT2D eigenvalue weighted by atomic mass is 32.2. The molecule has 18 heavy (non-hydrogen) atoms. The van der Waals surface area contributed by atoms with E-state index in [0.29, 0.717) is 13.2 Å². The van der Waals surface area contributed by atoms with Gasteiger partial charge in [0.15, 0.2) is 9.84 Å². The summed E-state index contributed by atoms with van der Waals surface area (Å²) in [7, 11) is -3.07. The van der Waals surface area contributed by atoms with Crippen LogP contribution >= 0.6 is 0 Å². The molecule has 1 unspecified atom stereocenters. The molecular formula is C11H22N2O4S. The molecule has 0 aromatic carbocycles. The predicted octanol–water partition coefficient (Wildman–Crippen LogP) is -0.697. The maximum atomic E-state index is 11.9. The second kappa shape index (κ2) is 6.49. The number of hydrogen-bond donors (Lipinski definition) is 2. The summed E-state index contributed by atoms with van der Waals surface area (Å²) in [6.45, 7) is 6.33. The molecule has 1 aliphatic rings. The fourth-order valence-corrected chi connectivity index (χ4v) is 2.98. The van der Waals surface area contributed by atoms with Crippen LogP contribution in [-0.2, 0) is 19.4 Å². The number of ether oxygens (including phenoxy) is 1. The maximum Gasteiger partial charge on any atom is 0.240 e. The summed E-state index contributed by atoms with van der Waals surface area (Å²) < 4.78 is 28.3. The standard InChI is InChI=1S/C11H22N2O4S/c1-4-18(15,16)7-8(2)13-11(14)10-9(3)17-6-5-12-10/h8-10,12H,4-7H2,1-3H3,(H,13,14)/t8?,9-,10+/m1/s1. The van der Waals surface area contributed by atoms with Crippen LogP contribution in [0.15, 0.2) is 0 Å². The number of amides is 1. The summed E-state index contributed by atoms with van der Waals surface area (Å²) >= 11 is 0. The van der Waals surface area contributed by atoms with Crippen molar-refractivity contribution in [3.63, 3.8) is 0 Å². The van der Waals surface area contributed by atoms with E-state index in [1.807, 2.05) is 6.92 Å². The van der Waals surface area contributed by atoms with E-state index in [1.165, 1.54) is 0 Å². The van der Waals surface area contributed by atoms with Crippen molar-refractivity contribution >= 4 is 15.7 Å². The van der Waals surface area contributed by atoms with Gasteiger partial charge in [-0.1, -0.05) is 6.92 Å². The normalized spacial score (nSPS) is 26.6. The van der Waals surface area contributed by atoms with Gasteiger partial charge in [-0.2, -0.15) is 0 Å². The molecule has 1 saturated heterocycles. The Morgan fingerprint density at radius 3 is 2.78 bits per heavy atom. The van der Waals surface area contributed by atoms with Crippen molar-refractivity contribution in [2.75, 3.05) is 24.7 Å². The molecule has 0 radical (unpaired) electrons. The molecule has 7 heteroatoms. The number of nitrogens with one attached hydrogen (secondary N) is 2. The van der Waals surface area contributed by atoms with Gasteiger partial charge in [-0.3, -0.25) is 4.79 Å². The van der Waals surface area contributed by atoms with Gasteiger partial charge in [0.25, 0.3) is 0 Å². The first-order valence-corrected chi connectivity index (χ1v) is 8.03. The zero-order valence-electron chi connectivity index (χ0n) is 11.1. The smallest absolute Gasteiger partial charge is 0.240 e. The molecule has 0 saturated carbocycles. The van der Waals surface area contributed by atoms with Gasteiger partial charge in [0.05, 0.1) is 18.5 Å². The minimum absolute atomic E-state index is 0.0306. The van der Waals surface area contributed by atoms with Crippen molar-refractivity contribution in [2.24, 2.45) is 0 Å². The highest BCUT2D eigenvalue weighted by Gasteiger charge is 2.29. The topological polar surface area (TPSA) is 84.5 Å². The molecule has 3 atom stereocenters. The Balaban J connectivity index is 2.48. The largest absolute Gasteiger partial charge is 0.375 e. The molecule has 1 aliphatic heterocycles. The van der Waals surface area contributed by atoms with Crippen molar-refractivity contribution in [3.05, 3.63) is 0 Å². The number of carbonyl (C=O) groups is 1. The van der Waals surface area contributed by atoms with Gasteiger partial charge in [0.2, 0.25) is 5.91 Å². The summed E-state index contributed by atoms with van der Waals surface area (Å²) in [4.78, 5) is 11.9. The fourth-order valence-electron chi connectivity index (χ4n) is 1.90. The number of rotatable bonds is 5. The Kier molecular flexibility index (Phi) is 5.55. The van der Waals surface area contributed by atoms with Crippen LogP contribution in [0.1, 0.15) is 20.8 Å². The lowest BCUT2D eigenvalue weighted by Gasteiger charge is -2.30. The van der Waals surface area contributed by atoms with E-state index in [9.17, 15) is 13.2 Å². The van der Waals surface area contributed by atoms with Crippen molar-refractivity contribution in [1.29, 1.82) is 0 Å². The van der Waals surface area contributed by atoms with Crippen molar-refractivity contribution in [1.82, 2.24) is 10.6 Å². The van der Waals surface area contributed by atoms with Crippen LogP contribution < -0.4 is 10.6 Å². The van der Waals surface area contributed by atoms with Crippen LogP contribution in [0.25, 0.3) is 0 Å². The van der Waals surface area contributed by atoms with Gasteiger partial charge in [-0.05, 0) is 13.8 Å². The molecule has 2 N–H and O–H groups in total. The van der Waals surface area contributed by atoms with Crippen LogP contribution in [0.4, 0.5) is 0 Å². The fraction of sp³-hybridized carbons (Fsp3) is 0.909. The highest BCUT2D eigenvalue weighted by molar-refractivity contribution is 7.91. The monoisotopic (exact) mass is 278 g/mol. The van der Waals surface area contributed by atoms with Crippen molar-refractivity contribution in [3.8, 4) is 0 Å². The third-order valence-electron chi connectivity index (χ3n) is 2.93. The van der Waals surface area contributed by atoms with E-state index < -0.39 is 21.9 Å². The molecule has 0 spiro atoms. The average Bonchev–Trinajstić information content (AvgIpc) is 2.28. The Labute approximate surface area is 108 Å². The first-order chi connectivity index (χ1) is 8.35. The van der Waals surface area contributed by atoms with Crippen LogP contribution in [0, 0.1) is 0 Å². The zero-order valence-corrected chi connectivity index (χ0v) is 11.9. The first kappa shape index (κ1) is 15.4. The summed E-state index contributed by atoms with van der Waals surface area (Å²) in [5.41, 5.74) is 0. The van der Waals surface area contributed by atoms with Crippen molar-refractivity contribution < 1.29 is 17.9 Å². The molecule has 106 valence electrons. The molecule has 1 fully saturated rings. The first-order valence-electron chi connectivity index (χ1n) is 6.21. The summed E-state index contributed by atoms with van der Waals surface area (Å²) in [6.07, 6.45) is -0.200. The van der Waals surface area contributed by atoms with Gasteiger partial charge in [0.1, 0.15) is 6.04 Å². The Hall–Kier alpha value is -0.660. The SMILES string of the molecule is CCS(=O)(=O)CC(C)NC(=O)[C@H]1NCCO[C@@H]1C. The number of morpholine rings is 1. The van der Waals surface area contributed by atoms with Crippen LogP contribution in [0.2, 0.25) is 0 Å². The number of carbonyl (C=O) groups excluding carboxylic acids is 1. The van der Waals surface area contributed by atoms with E-state index in [4.69, 9.17) is 4.74 Å². The van der Waals surface area contributed by atoms with Gasteiger partial charge in [-0.15, -0.1) is 0 Å². The van der Waals surface area contributed by atoms with Gasteiger partial charge in [-0.25, -0.2) is 8.42 Å². The molecular weight excluding hydrogens is 256 g/mol. The highest BCUT2D eigenvalue weighted by Crippen LogP contribution is 2.04. The van der Waals surface area contributed by atoms with Crippen LogP contribution in [-0.4, -0.2) is 57.2 Å². The third-order valence-corrected chi connectivity index (χ3v) is 4.82. The minimum atomic E-state index is -3.07. The van der Waals surface area contributed by atoms with E-state index in [2.05, 4.69) is 10.6 Å². The lowest BCUT2D eigenvalue weighted by molar-refractivity contribution is -0.129. The summed E-state index contributed by atoms with van der Waals surface area (Å²) in [6, 6.07) is -0.802. The van der Waals surface area contributed by atoms with E-state index in [-0.39, 0.29) is 23.5 Å². The lowest BCUT2D eigenvalue weighted by Crippen LogP contribution is -2.57. The van der Waals surface area contributed by atoms with Crippen LogP contribution in [0.5, 0.6) is 0 Å². The molecule has 0 aromatic rings. The second-order valence-electron chi connectivity index (χ2n) is 4.62.